The number of rotatable bonds is 0. The highest BCUT2D eigenvalue weighted by atomic mass is 19.1. The zero-order valence-corrected chi connectivity index (χ0v) is 9.87. The van der Waals surface area contributed by atoms with Gasteiger partial charge in [-0.25, -0.2) is 4.39 Å². The number of halogens is 1. The predicted octanol–water partition coefficient (Wildman–Crippen LogP) is 3.26. The number of ketones is 1. The maximum Gasteiger partial charge on any atom is 0.197 e. The van der Waals surface area contributed by atoms with Crippen LogP contribution in [0.15, 0.2) is 36.4 Å². The quantitative estimate of drug-likeness (QED) is 0.708. The normalized spacial score (nSPS) is 13.3. The fraction of sp³-hybridized carbons (Fsp3) is 0.133. The number of carbonyl (C=O) groups excluding carboxylic acids is 1. The first-order valence-electron chi connectivity index (χ1n) is 5.73. The third-order valence-corrected chi connectivity index (χ3v) is 3.20. The third-order valence-electron chi connectivity index (χ3n) is 3.20. The molecule has 2 aromatic rings. The van der Waals surface area contributed by atoms with Crippen LogP contribution in [-0.2, 0) is 6.61 Å². The van der Waals surface area contributed by atoms with Crippen molar-refractivity contribution in [2.75, 3.05) is 0 Å². The molecule has 0 amide bonds. The van der Waals surface area contributed by atoms with Gasteiger partial charge in [0.05, 0.1) is 5.56 Å². The molecule has 0 aliphatic carbocycles. The molecule has 0 saturated heterocycles. The molecular formula is C15H11FO2. The van der Waals surface area contributed by atoms with Crippen molar-refractivity contribution in [3.8, 4) is 5.75 Å². The number of benzene rings is 2. The summed E-state index contributed by atoms with van der Waals surface area (Å²) in [5, 5.41) is 0. The van der Waals surface area contributed by atoms with Crippen LogP contribution in [-0.4, -0.2) is 5.78 Å². The van der Waals surface area contributed by atoms with Gasteiger partial charge in [0, 0.05) is 11.1 Å². The van der Waals surface area contributed by atoms with Crippen LogP contribution in [0, 0.1) is 12.7 Å². The van der Waals surface area contributed by atoms with E-state index in [1.165, 1.54) is 6.07 Å². The van der Waals surface area contributed by atoms with Crippen molar-refractivity contribution in [2.24, 2.45) is 0 Å². The second-order valence-electron chi connectivity index (χ2n) is 4.33. The van der Waals surface area contributed by atoms with Crippen LogP contribution in [0.4, 0.5) is 4.39 Å². The van der Waals surface area contributed by atoms with E-state index in [4.69, 9.17) is 4.74 Å². The van der Waals surface area contributed by atoms with Crippen molar-refractivity contribution in [1.82, 2.24) is 0 Å². The summed E-state index contributed by atoms with van der Waals surface area (Å²) in [5.41, 5.74) is 2.10. The van der Waals surface area contributed by atoms with Gasteiger partial charge in [0.15, 0.2) is 5.78 Å². The van der Waals surface area contributed by atoms with Crippen LogP contribution in [0.2, 0.25) is 0 Å². The molecule has 90 valence electrons. The molecule has 0 atom stereocenters. The van der Waals surface area contributed by atoms with Gasteiger partial charge in [-0.15, -0.1) is 0 Å². The molecule has 0 unspecified atom stereocenters. The van der Waals surface area contributed by atoms with Gasteiger partial charge in [-0.3, -0.25) is 4.79 Å². The van der Waals surface area contributed by atoms with Gasteiger partial charge in [0.2, 0.25) is 0 Å². The first-order valence-corrected chi connectivity index (χ1v) is 5.73. The van der Waals surface area contributed by atoms with Gasteiger partial charge in [-0.1, -0.05) is 24.3 Å². The maximum absolute atomic E-state index is 13.7. The molecule has 1 aliphatic rings. The Balaban J connectivity index is 2.27. The molecule has 0 fully saturated rings. The Hall–Kier alpha value is -2.16. The van der Waals surface area contributed by atoms with Crippen molar-refractivity contribution < 1.29 is 13.9 Å². The fourth-order valence-electron chi connectivity index (χ4n) is 2.25. The molecule has 1 aliphatic heterocycles. The van der Waals surface area contributed by atoms with Gasteiger partial charge in [0.25, 0.3) is 0 Å². The van der Waals surface area contributed by atoms with Crippen molar-refractivity contribution in [2.45, 2.75) is 13.5 Å². The first kappa shape index (κ1) is 11.0. The minimum atomic E-state index is -0.397. The molecule has 0 bridgehead atoms. The van der Waals surface area contributed by atoms with E-state index in [0.717, 1.165) is 5.56 Å². The molecule has 0 spiro atoms. The van der Waals surface area contributed by atoms with E-state index >= 15 is 0 Å². The minimum Gasteiger partial charge on any atom is -0.488 e. The number of aryl methyl sites for hydroxylation is 1. The van der Waals surface area contributed by atoms with E-state index in [2.05, 4.69) is 0 Å². The Morgan fingerprint density at radius 2 is 1.94 bits per heavy atom. The molecule has 3 rings (SSSR count). The van der Waals surface area contributed by atoms with Crippen molar-refractivity contribution in [3.05, 3.63) is 64.5 Å². The highest BCUT2D eigenvalue weighted by molar-refractivity contribution is 6.12. The van der Waals surface area contributed by atoms with Gasteiger partial charge in [0.1, 0.15) is 18.2 Å². The van der Waals surface area contributed by atoms with E-state index in [-0.39, 0.29) is 12.4 Å². The Bertz CT molecular complexity index is 647. The SMILES string of the molecule is Cc1cccc2c1C(=O)c1cccc(F)c1CO2. The van der Waals surface area contributed by atoms with E-state index < -0.39 is 5.82 Å². The van der Waals surface area contributed by atoms with Crippen molar-refractivity contribution in [1.29, 1.82) is 0 Å². The van der Waals surface area contributed by atoms with Crippen LogP contribution in [0.1, 0.15) is 27.0 Å². The molecule has 0 saturated carbocycles. The van der Waals surface area contributed by atoms with Crippen molar-refractivity contribution >= 4 is 5.78 Å². The van der Waals surface area contributed by atoms with Crippen LogP contribution >= 0.6 is 0 Å². The monoisotopic (exact) mass is 242 g/mol. The van der Waals surface area contributed by atoms with Crippen LogP contribution in [0.5, 0.6) is 5.75 Å². The number of ether oxygens (including phenoxy) is 1. The number of fused-ring (bicyclic) bond motifs is 2. The lowest BCUT2D eigenvalue weighted by molar-refractivity contribution is 0.103. The minimum absolute atomic E-state index is 0.0875. The largest absolute Gasteiger partial charge is 0.488 e. The summed E-state index contributed by atoms with van der Waals surface area (Å²) in [4.78, 5) is 12.5. The number of carbonyl (C=O) groups is 1. The highest BCUT2D eigenvalue weighted by Crippen LogP contribution is 2.31. The molecule has 2 aromatic carbocycles. The van der Waals surface area contributed by atoms with E-state index in [1.54, 1.807) is 18.2 Å². The molecule has 3 heteroatoms. The Kier molecular flexibility index (Phi) is 2.40. The lowest BCUT2D eigenvalue weighted by Gasteiger charge is -2.07. The molecule has 2 nitrogen and oxygen atoms in total. The molecule has 0 aromatic heterocycles. The highest BCUT2D eigenvalue weighted by Gasteiger charge is 2.25. The van der Waals surface area contributed by atoms with E-state index in [0.29, 0.717) is 22.4 Å². The third kappa shape index (κ3) is 1.51. The van der Waals surface area contributed by atoms with Crippen molar-refractivity contribution in [3.63, 3.8) is 0 Å². The summed E-state index contributed by atoms with van der Waals surface area (Å²) in [6, 6.07) is 9.96. The van der Waals surface area contributed by atoms with Gasteiger partial charge in [-0.05, 0) is 24.6 Å². The van der Waals surface area contributed by atoms with E-state index in [1.807, 2.05) is 19.1 Å². The smallest absolute Gasteiger partial charge is 0.197 e. The van der Waals surface area contributed by atoms with Crippen LogP contribution in [0.3, 0.4) is 0 Å². The molecular weight excluding hydrogens is 231 g/mol. The van der Waals surface area contributed by atoms with E-state index in [9.17, 15) is 9.18 Å². The topological polar surface area (TPSA) is 26.3 Å². The molecule has 18 heavy (non-hydrogen) atoms. The first-order chi connectivity index (χ1) is 8.68. The van der Waals surface area contributed by atoms with Crippen LogP contribution < -0.4 is 4.74 Å². The average Bonchev–Trinajstić information content (AvgIpc) is 2.50. The lowest BCUT2D eigenvalue weighted by Crippen LogP contribution is -2.05. The van der Waals surface area contributed by atoms with Gasteiger partial charge < -0.3 is 4.74 Å². The fourth-order valence-corrected chi connectivity index (χ4v) is 2.25. The van der Waals surface area contributed by atoms with Gasteiger partial charge in [-0.2, -0.15) is 0 Å². The molecule has 0 N–H and O–H groups in total. The Labute approximate surface area is 104 Å². The standard InChI is InChI=1S/C15H11FO2/c1-9-4-2-7-13-14(9)15(17)10-5-3-6-12(16)11(10)8-18-13/h2-7H,8H2,1H3. The Morgan fingerprint density at radius 3 is 2.78 bits per heavy atom. The summed E-state index contributed by atoms with van der Waals surface area (Å²) < 4.78 is 19.3. The van der Waals surface area contributed by atoms with Crippen LogP contribution in [0.25, 0.3) is 0 Å². The second-order valence-corrected chi connectivity index (χ2v) is 4.33. The molecule has 0 radical (unpaired) electrons. The average molecular weight is 242 g/mol. The zero-order valence-electron chi connectivity index (χ0n) is 9.87. The summed E-state index contributed by atoms with van der Waals surface area (Å²) in [6.45, 7) is 1.94. The number of hydrogen-bond acceptors (Lipinski definition) is 2. The Morgan fingerprint density at radius 1 is 1.17 bits per heavy atom. The number of hydrogen-bond donors (Lipinski definition) is 0. The summed E-state index contributed by atoms with van der Waals surface area (Å²) in [6.07, 6.45) is 0. The summed E-state index contributed by atoms with van der Waals surface area (Å²) >= 11 is 0. The predicted molar refractivity (Wildman–Crippen MR) is 65.3 cm³/mol. The zero-order chi connectivity index (χ0) is 12.7. The maximum atomic E-state index is 13.7. The summed E-state index contributed by atoms with van der Waals surface area (Å²) in [7, 11) is 0. The second kappa shape index (κ2) is 3.95. The summed E-state index contributed by atoms with van der Waals surface area (Å²) in [5.74, 6) is -0.0444. The van der Waals surface area contributed by atoms with Gasteiger partial charge >= 0.3 is 0 Å². The lowest BCUT2D eigenvalue weighted by atomic mass is 9.96. The molecule has 1 heterocycles.